The fraction of sp³-hybridized carbons (Fsp3) is 0.932. The summed E-state index contributed by atoms with van der Waals surface area (Å²) in [6, 6.07) is 0. The Morgan fingerprint density at radius 3 is 1.04 bits per heavy atom. The van der Waals surface area contributed by atoms with E-state index in [1.165, 1.54) is 57.8 Å². The molecule has 298 valence electrons. The van der Waals surface area contributed by atoms with Crippen LogP contribution in [0, 0.1) is 16.2 Å². The Labute approximate surface area is 316 Å². The van der Waals surface area contributed by atoms with E-state index in [1.54, 1.807) is 6.92 Å². The van der Waals surface area contributed by atoms with Crippen molar-refractivity contribution in [2.24, 2.45) is 16.2 Å². The number of carbonyl (C=O) groups excluding carboxylic acids is 1. The second-order valence-corrected chi connectivity index (χ2v) is 19.1. The van der Waals surface area contributed by atoms with Gasteiger partial charge in [-0.15, -0.1) is 0 Å². The second kappa shape index (κ2) is 17.0. The Balaban J connectivity index is 1.18. The van der Waals surface area contributed by atoms with Gasteiger partial charge in [0.25, 0.3) is 0 Å². The molecule has 3 saturated heterocycles. The maximum atomic E-state index is 13.4. The Morgan fingerprint density at radius 2 is 0.788 bits per heavy atom. The molecule has 0 N–H and O–H groups in total. The minimum atomic E-state index is -0.691. The van der Waals surface area contributed by atoms with Crippen LogP contribution in [0.25, 0.3) is 0 Å². The molecule has 7 aliphatic rings. The van der Waals surface area contributed by atoms with Crippen molar-refractivity contribution in [3.8, 4) is 0 Å². The van der Waals surface area contributed by atoms with Crippen LogP contribution in [0.1, 0.15) is 163 Å². The average molecular weight is 731 g/mol. The fourth-order valence-electron chi connectivity index (χ4n) is 11.4. The minimum absolute atomic E-state index is 0.309. The molecular formula is C44H74O8. The summed E-state index contributed by atoms with van der Waals surface area (Å²) in [6.45, 7) is 19.9. The molecule has 0 spiro atoms. The first kappa shape index (κ1) is 40.6. The summed E-state index contributed by atoms with van der Waals surface area (Å²) in [5.74, 6) is -0.309. The van der Waals surface area contributed by atoms with Gasteiger partial charge < -0.3 is 33.2 Å². The fourth-order valence-corrected chi connectivity index (χ4v) is 11.4. The van der Waals surface area contributed by atoms with Gasteiger partial charge >= 0.3 is 5.97 Å². The highest BCUT2D eigenvalue weighted by molar-refractivity contribution is 5.87. The number of esters is 1. The summed E-state index contributed by atoms with van der Waals surface area (Å²) in [6.07, 6.45) is 22.2. The molecule has 4 saturated carbocycles. The predicted molar refractivity (Wildman–Crippen MR) is 203 cm³/mol. The Bertz CT molecular complexity index is 1050. The quantitative estimate of drug-likeness (QED) is 0.0495. The lowest BCUT2D eigenvalue weighted by molar-refractivity contribution is -0.328. The number of hydrogen-bond acceptors (Lipinski definition) is 8. The molecule has 0 aromatic carbocycles. The van der Waals surface area contributed by atoms with Crippen molar-refractivity contribution in [3.63, 3.8) is 0 Å². The first-order chi connectivity index (χ1) is 25.0. The third-order valence-electron chi connectivity index (χ3n) is 13.9. The van der Waals surface area contributed by atoms with Gasteiger partial charge in [0.05, 0.1) is 56.4 Å². The van der Waals surface area contributed by atoms with Gasteiger partial charge in [0, 0.05) is 80.2 Å². The summed E-state index contributed by atoms with van der Waals surface area (Å²) in [7, 11) is 0. The van der Waals surface area contributed by atoms with Crippen molar-refractivity contribution in [1.29, 1.82) is 0 Å². The van der Waals surface area contributed by atoms with Gasteiger partial charge in [-0.05, 0) is 64.7 Å². The zero-order chi connectivity index (χ0) is 36.8. The van der Waals surface area contributed by atoms with Gasteiger partial charge in [-0.2, -0.15) is 0 Å². The number of hydrogen-bond donors (Lipinski definition) is 0. The van der Waals surface area contributed by atoms with Gasteiger partial charge in [0.2, 0.25) is 0 Å². The van der Waals surface area contributed by atoms with Crippen LogP contribution in [0.3, 0.4) is 0 Å². The Morgan fingerprint density at radius 1 is 0.500 bits per heavy atom. The van der Waals surface area contributed by atoms with Crippen LogP contribution in [0.4, 0.5) is 0 Å². The molecule has 4 aliphatic carbocycles. The summed E-state index contributed by atoms with van der Waals surface area (Å²) in [5, 5.41) is 0. The number of unbranched alkanes of at least 4 members (excludes halogenated alkanes) is 3. The predicted octanol–water partition coefficient (Wildman–Crippen LogP) is 9.45. The highest BCUT2D eigenvalue weighted by Crippen LogP contribution is 2.66. The average Bonchev–Trinajstić information content (AvgIpc) is 3.04. The lowest BCUT2D eigenvalue weighted by Crippen LogP contribution is -2.74. The normalized spacial score (nSPS) is 33.2. The van der Waals surface area contributed by atoms with Gasteiger partial charge in [-0.1, -0.05) is 65.9 Å². The molecule has 8 nitrogen and oxygen atoms in total. The molecule has 3 heterocycles. The Kier molecular flexibility index (Phi) is 13.3. The van der Waals surface area contributed by atoms with E-state index in [-0.39, 0.29) is 5.97 Å². The monoisotopic (exact) mass is 731 g/mol. The van der Waals surface area contributed by atoms with Gasteiger partial charge in [-0.3, -0.25) is 0 Å². The molecule has 0 aromatic rings. The number of rotatable bonds is 26. The molecule has 0 amide bonds. The van der Waals surface area contributed by atoms with Crippen LogP contribution in [-0.4, -0.2) is 87.8 Å². The van der Waals surface area contributed by atoms with E-state index in [9.17, 15) is 4.79 Å². The van der Waals surface area contributed by atoms with Crippen molar-refractivity contribution in [3.05, 3.63) is 12.2 Å². The van der Waals surface area contributed by atoms with Crippen LogP contribution < -0.4 is 0 Å². The molecule has 0 unspecified atom stereocenters. The zero-order valence-electron chi connectivity index (χ0n) is 33.7. The summed E-state index contributed by atoms with van der Waals surface area (Å²) in [5.41, 5.74) is -0.671. The van der Waals surface area contributed by atoms with Crippen molar-refractivity contribution in [1.82, 2.24) is 0 Å². The van der Waals surface area contributed by atoms with Gasteiger partial charge in [-0.25, -0.2) is 4.79 Å². The summed E-state index contributed by atoms with van der Waals surface area (Å²) < 4.78 is 45.1. The van der Waals surface area contributed by atoms with Gasteiger partial charge in [0.1, 0.15) is 5.60 Å². The number of ether oxygens (including phenoxy) is 7. The maximum Gasteiger partial charge on any atom is 0.333 e. The van der Waals surface area contributed by atoms with E-state index >= 15 is 0 Å². The van der Waals surface area contributed by atoms with E-state index in [1.807, 2.05) is 0 Å². The zero-order valence-corrected chi connectivity index (χ0v) is 33.7. The Hall–Kier alpha value is -1.03. The smallest absolute Gasteiger partial charge is 0.333 e. The van der Waals surface area contributed by atoms with Crippen molar-refractivity contribution in [2.75, 3.05) is 59.5 Å². The maximum absolute atomic E-state index is 13.4. The first-order valence-corrected chi connectivity index (χ1v) is 21.5. The first-order valence-electron chi connectivity index (χ1n) is 21.5. The summed E-state index contributed by atoms with van der Waals surface area (Å²) in [4.78, 5) is 13.4. The highest BCUT2D eigenvalue weighted by Gasteiger charge is 2.72. The van der Waals surface area contributed by atoms with Crippen LogP contribution in [0.15, 0.2) is 12.2 Å². The number of carbonyl (C=O) groups is 1. The third-order valence-corrected chi connectivity index (χ3v) is 13.9. The van der Waals surface area contributed by atoms with E-state index in [2.05, 4.69) is 27.4 Å². The molecule has 0 aromatic heterocycles. The van der Waals surface area contributed by atoms with Crippen molar-refractivity contribution in [2.45, 2.75) is 185 Å². The van der Waals surface area contributed by atoms with Crippen LogP contribution in [0.5, 0.6) is 0 Å². The second-order valence-electron chi connectivity index (χ2n) is 19.1. The molecule has 3 aliphatic heterocycles. The minimum Gasteiger partial charge on any atom is -0.455 e. The lowest BCUT2D eigenvalue weighted by Gasteiger charge is -2.68. The molecule has 52 heavy (non-hydrogen) atoms. The molecule has 8 heteroatoms. The SMILES string of the molecule is C=C(C)C(=O)OC12CC3(OCCCC4(CCCC)COC4)CC(OCCCC4(CCCC)COC4)(CC(OCCCC4(CCCC)COC4)(C3)C1)C2. The largest absolute Gasteiger partial charge is 0.455 e. The standard InChI is InChI=1S/C44H74O8/c1-6-9-15-38(30-46-31-38)18-12-21-49-41-24-42(50-22-13-19-39(16-10-7-2)32-47-33-39)26-43(25-41,29-44(27-41,28-42)52-37(45)36(4)5)51-23-14-20-40(17-11-8-3)34-48-35-40/h4,6-35H2,1-3,5H3. The molecule has 7 rings (SSSR count). The molecule has 0 atom stereocenters. The van der Waals surface area contributed by atoms with Crippen LogP contribution >= 0.6 is 0 Å². The van der Waals surface area contributed by atoms with E-state index < -0.39 is 22.4 Å². The van der Waals surface area contributed by atoms with E-state index in [0.29, 0.717) is 60.9 Å². The summed E-state index contributed by atoms with van der Waals surface area (Å²) >= 11 is 0. The van der Waals surface area contributed by atoms with Crippen molar-refractivity contribution < 1.29 is 38.0 Å². The molecule has 4 bridgehead atoms. The highest BCUT2D eigenvalue weighted by atomic mass is 16.6. The molecular weight excluding hydrogens is 656 g/mol. The van der Waals surface area contributed by atoms with Crippen LogP contribution in [-0.2, 0) is 38.0 Å². The van der Waals surface area contributed by atoms with Gasteiger partial charge in [0.15, 0.2) is 0 Å². The topological polar surface area (TPSA) is 81.7 Å². The molecule has 0 radical (unpaired) electrons. The van der Waals surface area contributed by atoms with E-state index in [4.69, 9.17) is 33.2 Å². The lowest BCUT2D eigenvalue weighted by atomic mass is 9.48. The molecule has 7 fully saturated rings. The van der Waals surface area contributed by atoms with Crippen molar-refractivity contribution >= 4 is 5.97 Å². The third kappa shape index (κ3) is 9.32. The van der Waals surface area contributed by atoms with Crippen LogP contribution in [0.2, 0.25) is 0 Å². The van der Waals surface area contributed by atoms with E-state index in [0.717, 1.165) is 97.4 Å².